The van der Waals surface area contributed by atoms with Gasteiger partial charge in [0.1, 0.15) is 6.61 Å². The first-order valence-corrected chi connectivity index (χ1v) is 8.08. The smallest absolute Gasteiger partial charge is 0.276 e. The van der Waals surface area contributed by atoms with Gasteiger partial charge < -0.3 is 19.5 Å². The van der Waals surface area contributed by atoms with Gasteiger partial charge in [0.15, 0.2) is 23.0 Å². The number of hydrogen-bond acceptors (Lipinski definition) is 5. The van der Waals surface area contributed by atoms with Crippen LogP contribution in [0.25, 0.3) is 0 Å². The molecule has 2 bridgehead atoms. The molecule has 2 aromatic rings. The molecule has 6 nitrogen and oxygen atoms in total. The number of benzene rings is 1. The van der Waals surface area contributed by atoms with E-state index >= 15 is 0 Å². The molecule has 2 aliphatic rings. The Balaban J connectivity index is 1.41. The molecule has 2 aliphatic heterocycles. The van der Waals surface area contributed by atoms with Gasteiger partial charge in [0.05, 0.1) is 0 Å². The summed E-state index contributed by atoms with van der Waals surface area (Å²) in [5.41, 5.74) is 0.271. The number of rotatable bonds is 4. The van der Waals surface area contributed by atoms with Crippen molar-refractivity contribution in [3.8, 4) is 5.75 Å². The number of halogens is 1. The van der Waals surface area contributed by atoms with Gasteiger partial charge in [-0.15, -0.1) is 0 Å². The van der Waals surface area contributed by atoms with E-state index in [4.69, 9.17) is 9.26 Å². The van der Waals surface area contributed by atoms with E-state index in [1.807, 2.05) is 4.90 Å². The van der Waals surface area contributed by atoms with Gasteiger partial charge in [-0.05, 0) is 25.0 Å². The Bertz CT molecular complexity index is 748. The quantitative estimate of drug-likeness (QED) is 0.928. The Morgan fingerprint density at radius 3 is 3.21 bits per heavy atom. The molecule has 1 N–H and O–H groups in total. The van der Waals surface area contributed by atoms with Crippen molar-refractivity contribution in [1.29, 1.82) is 0 Å². The number of hydrogen-bond donors (Lipinski definition) is 1. The van der Waals surface area contributed by atoms with E-state index in [2.05, 4.69) is 10.5 Å². The lowest BCUT2D eigenvalue weighted by Gasteiger charge is -2.31. The first kappa shape index (κ1) is 15.1. The van der Waals surface area contributed by atoms with E-state index in [1.165, 1.54) is 12.1 Å². The minimum atomic E-state index is -0.440. The van der Waals surface area contributed by atoms with Crippen molar-refractivity contribution in [1.82, 2.24) is 15.4 Å². The number of carbonyl (C=O) groups is 1. The monoisotopic (exact) mass is 331 g/mol. The van der Waals surface area contributed by atoms with Gasteiger partial charge in [-0.25, -0.2) is 4.39 Å². The molecule has 24 heavy (non-hydrogen) atoms. The van der Waals surface area contributed by atoms with Crippen molar-refractivity contribution in [3.05, 3.63) is 47.6 Å². The second kappa shape index (κ2) is 6.24. The highest BCUT2D eigenvalue weighted by Crippen LogP contribution is 2.24. The minimum Gasteiger partial charge on any atom is -0.482 e. The Hall–Kier alpha value is -2.41. The average molecular weight is 331 g/mol. The zero-order valence-electron chi connectivity index (χ0n) is 13.1. The Labute approximate surface area is 138 Å². The van der Waals surface area contributed by atoms with Crippen LogP contribution in [0.15, 0.2) is 34.9 Å². The third-order valence-corrected chi connectivity index (χ3v) is 4.60. The molecule has 3 heterocycles. The normalized spacial score (nSPS) is 22.6. The van der Waals surface area contributed by atoms with Crippen molar-refractivity contribution in [2.45, 2.75) is 31.5 Å². The number of aromatic nitrogens is 1. The molecule has 4 rings (SSSR count). The number of fused-ring (bicyclic) bond motifs is 2. The fourth-order valence-electron chi connectivity index (χ4n) is 3.34. The fourth-order valence-corrected chi connectivity index (χ4v) is 3.34. The van der Waals surface area contributed by atoms with Crippen LogP contribution in [0.1, 0.15) is 29.1 Å². The first-order valence-electron chi connectivity index (χ1n) is 8.08. The van der Waals surface area contributed by atoms with Gasteiger partial charge in [0.2, 0.25) is 0 Å². The zero-order chi connectivity index (χ0) is 16.5. The highest BCUT2D eigenvalue weighted by Gasteiger charge is 2.37. The van der Waals surface area contributed by atoms with Crippen molar-refractivity contribution < 1.29 is 18.4 Å². The summed E-state index contributed by atoms with van der Waals surface area (Å²) in [6.45, 7) is 1.58. The van der Waals surface area contributed by atoms with Crippen molar-refractivity contribution in [2.75, 3.05) is 13.1 Å². The predicted octanol–water partition coefficient (Wildman–Crippen LogP) is 1.97. The summed E-state index contributed by atoms with van der Waals surface area (Å²) in [5, 5.41) is 7.26. The highest BCUT2D eigenvalue weighted by atomic mass is 19.1. The number of carbonyl (C=O) groups excluding carboxylic acids is 1. The molecule has 2 unspecified atom stereocenters. The number of amides is 1. The third-order valence-electron chi connectivity index (χ3n) is 4.60. The van der Waals surface area contributed by atoms with Crippen LogP contribution in [-0.4, -0.2) is 41.1 Å². The zero-order valence-corrected chi connectivity index (χ0v) is 13.1. The van der Waals surface area contributed by atoms with E-state index in [-0.39, 0.29) is 30.0 Å². The van der Waals surface area contributed by atoms with Gasteiger partial charge in [-0.2, -0.15) is 0 Å². The number of nitrogens with one attached hydrogen (secondary N) is 1. The first-order chi connectivity index (χ1) is 11.7. The van der Waals surface area contributed by atoms with E-state index < -0.39 is 5.82 Å². The SMILES string of the molecule is O=C(c1cc(COc2ccccc2F)on1)N1CCC2CC1CN2. The standard InChI is InChI=1S/C17H18FN3O3/c18-14-3-1-2-4-16(14)23-10-13-8-15(20-24-13)17(22)21-6-5-11-7-12(21)9-19-11/h1-4,8,11-12,19H,5-7,9-10H2. The Morgan fingerprint density at radius 2 is 2.33 bits per heavy atom. The molecule has 0 aliphatic carbocycles. The number of piperidine rings is 1. The van der Waals surface area contributed by atoms with Crippen LogP contribution in [-0.2, 0) is 6.61 Å². The van der Waals surface area contributed by atoms with Crippen molar-refractivity contribution >= 4 is 5.91 Å². The topological polar surface area (TPSA) is 67.6 Å². The molecule has 0 spiro atoms. The molecule has 0 saturated carbocycles. The van der Waals surface area contributed by atoms with E-state index in [1.54, 1.807) is 18.2 Å². The van der Waals surface area contributed by atoms with Gasteiger partial charge in [0, 0.05) is 31.2 Å². The largest absolute Gasteiger partial charge is 0.482 e. The molecule has 1 aromatic heterocycles. The number of para-hydroxylation sites is 1. The lowest BCUT2D eigenvalue weighted by atomic mass is 10.0. The van der Waals surface area contributed by atoms with Crippen LogP contribution in [0.2, 0.25) is 0 Å². The van der Waals surface area contributed by atoms with Crippen LogP contribution in [0.3, 0.4) is 0 Å². The van der Waals surface area contributed by atoms with E-state index in [0.717, 1.165) is 25.9 Å². The van der Waals surface area contributed by atoms with Crippen LogP contribution >= 0.6 is 0 Å². The van der Waals surface area contributed by atoms with Crippen LogP contribution in [0.4, 0.5) is 4.39 Å². The minimum absolute atomic E-state index is 0.0221. The summed E-state index contributed by atoms with van der Waals surface area (Å²) in [7, 11) is 0. The number of likely N-dealkylation sites (tertiary alicyclic amines) is 1. The van der Waals surface area contributed by atoms with Gasteiger partial charge in [-0.1, -0.05) is 17.3 Å². The average Bonchev–Trinajstić information content (AvgIpc) is 3.21. The van der Waals surface area contributed by atoms with Crippen LogP contribution < -0.4 is 10.1 Å². The molecule has 1 amide bonds. The summed E-state index contributed by atoms with van der Waals surface area (Å²) in [5.74, 6) is -0.0325. The lowest BCUT2D eigenvalue weighted by Crippen LogP contribution is -2.44. The summed E-state index contributed by atoms with van der Waals surface area (Å²) in [4.78, 5) is 14.5. The summed E-state index contributed by atoms with van der Waals surface area (Å²) in [6.07, 6.45) is 1.95. The summed E-state index contributed by atoms with van der Waals surface area (Å²) < 4.78 is 24.0. The molecule has 126 valence electrons. The molecular formula is C17H18FN3O3. The van der Waals surface area contributed by atoms with Crippen molar-refractivity contribution in [2.24, 2.45) is 0 Å². The Morgan fingerprint density at radius 1 is 1.46 bits per heavy atom. The number of ether oxygens (including phenoxy) is 1. The molecule has 0 radical (unpaired) electrons. The maximum absolute atomic E-state index is 13.5. The molecular weight excluding hydrogens is 313 g/mol. The van der Waals surface area contributed by atoms with Gasteiger partial charge in [0.25, 0.3) is 5.91 Å². The predicted molar refractivity (Wildman–Crippen MR) is 83.1 cm³/mol. The molecule has 7 heteroatoms. The van der Waals surface area contributed by atoms with Gasteiger partial charge >= 0.3 is 0 Å². The van der Waals surface area contributed by atoms with Gasteiger partial charge in [-0.3, -0.25) is 4.79 Å². The number of nitrogens with zero attached hydrogens (tertiary/aromatic N) is 2. The summed E-state index contributed by atoms with van der Waals surface area (Å²) >= 11 is 0. The molecule has 2 saturated heterocycles. The maximum Gasteiger partial charge on any atom is 0.276 e. The fraction of sp³-hybridized carbons (Fsp3) is 0.412. The van der Waals surface area contributed by atoms with E-state index in [9.17, 15) is 9.18 Å². The van der Waals surface area contributed by atoms with Crippen molar-refractivity contribution in [3.63, 3.8) is 0 Å². The maximum atomic E-state index is 13.5. The molecule has 2 atom stereocenters. The lowest BCUT2D eigenvalue weighted by molar-refractivity contribution is 0.0647. The Kier molecular flexibility index (Phi) is 3.93. The molecule has 2 fully saturated rings. The van der Waals surface area contributed by atoms with E-state index in [0.29, 0.717) is 11.8 Å². The second-order valence-corrected chi connectivity index (χ2v) is 6.18. The van der Waals surface area contributed by atoms with Crippen LogP contribution in [0, 0.1) is 5.82 Å². The third kappa shape index (κ3) is 2.87. The van der Waals surface area contributed by atoms with Crippen LogP contribution in [0.5, 0.6) is 5.75 Å². The highest BCUT2D eigenvalue weighted by molar-refractivity contribution is 5.92. The second-order valence-electron chi connectivity index (χ2n) is 6.18. The summed E-state index contributed by atoms with van der Waals surface area (Å²) in [6, 6.07) is 8.46. The molecule has 1 aromatic carbocycles.